The minimum atomic E-state index is -0.424. The Morgan fingerprint density at radius 2 is 1.79 bits per heavy atom. The van der Waals surface area contributed by atoms with Crippen molar-refractivity contribution in [2.45, 2.75) is 6.92 Å². The molecule has 0 aliphatic heterocycles. The number of benzene rings is 2. The van der Waals surface area contributed by atoms with Crippen molar-refractivity contribution < 1.29 is 14.0 Å². The van der Waals surface area contributed by atoms with E-state index in [2.05, 4.69) is 0 Å². The van der Waals surface area contributed by atoms with E-state index in [-0.39, 0.29) is 57.7 Å². The van der Waals surface area contributed by atoms with Gasteiger partial charge in [-0.05, 0) is 25.1 Å². The molecule has 3 aromatic rings. The number of hydrogen-bond donors (Lipinski definition) is 0. The molecule has 0 amide bonds. The molecule has 0 atom stereocenters. The maximum atomic E-state index is 8.10. The maximum absolute atomic E-state index is 8.10. The SMILES string of the molecule is [2H]c1c([2H])c([2H])c2c(oc3c([2H])c([2H])c(C)c([2H])c32)c1[2H]. The molecule has 1 aromatic heterocycles. The van der Waals surface area contributed by atoms with Crippen molar-refractivity contribution in [3.63, 3.8) is 0 Å². The molecule has 0 radical (unpaired) electrons. The monoisotopic (exact) mass is 189 g/mol. The van der Waals surface area contributed by atoms with Gasteiger partial charge in [0.2, 0.25) is 0 Å². The first kappa shape index (κ1) is 3.43. The number of fused-ring (bicyclic) bond motifs is 3. The highest BCUT2D eigenvalue weighted by molar-refractivity contribution is 6.04. The Hall–Kier alpha value is -1.76. The summed E-state index contributed by atoms with van der Waals surface area (Å²) in [6, 6.07) is -1.87. The first-order valence-electron chi connectivity index (χ1n) is 7.66. The average molecular weight is 189 g/mol. The molecular weight excluding hydrogens is 172 g/mol. The molecule has 1 heterocycles. The number of rotatable bonds is 0. The molecule has 1 heteroatoms. The average Bonchev–Trinajstić information content (AvgIpc) is 2.87. The molecule has 0 aliphatic rings. The van der Waals surface area contributed by atoms with Crippen LogP contribution in [0.2, 0.25) is 0 Å². The summed E-state index contributed by atoms with van der Waals surface area (Å²) in [7, 11) is 0. The van der Waals surface area contributed by atoms with Crippen molar-refractivity contribution in [3.05, 3.63) is 47.9 Å². The second kappa shape index (κ2) is 2.61. The van der Waals surface area contributed by atoms with Gasteiger partial charge in [-0.15, -0.1) is 0 Å². The van der Waals surface area contributed by atoms with Crippen molar-refractivity contribution in [3.8, 4) is 0 Å². The van der Waals surface area contributed by atoms with Crippen LogP contribution in [0.5, 0.6) is 0 Å². The van der Waals surface area contributed by atoms with Crippen LogP contribution in [0.15, 0.2) is 46.7 Å². The Bertz CT molecular complexity index is 852. The fraction of sp³-hybridized carbons (Fsp3) is 0.0769. The predicted octanol–water partition coefficient (Wildman–Crippen LogP) is 3.89. The molecule has 14 heavy (non-hydrogen) atoms. The Morgan fingerprint density at radius 3 is 2.71 bits per heavy atom. The quantitative estimate of drug-likeness (QED) is 0.523. The normalized spacial score (nSPS) is 18.2. The fourth-order valence-corrected chi connectivity index (χ4v) is 1.40. The lowest BCUT2D eigenvalue weighted by Crippen LogP contribution is -1.69. The summed E-state index contributed by atoms with van der Waals surface area (Å²) in [5.74, 6) is 0. The third-order valence-corrected chi connectivity index (χ3v) is 2.01. The Labute approximate surface area is 91.8 Å². The van der Waals surface area contributed by atoms with Gasteiger partial charge in [0.05, 0.1) is 9.60 Å². The highest BCUT2D eigenvalue weighted by Crippen LogP contribution is 2.28. The molecule has 0 N–H and O–H groups in total. The lowest BCUT2D eigenvalue weighted by atomic mass is 10.1. The zero-order chi connectivity index (χ0) is 15.6. The van der Waals surface area contributed by atoms with Gasteiger partial charge in [0.1, 0.15) is 11.2 Å². The summed E-state index contributed by atoms with van der Waals surface area (Å²) in [6.45, 7) is 1.53. The smallest absolute Gasteiger partial charge is 0.135 e. The van der Waals surface area contributed by atoms with E-state index in [1.165, 1.54) is 6.92 Å². The highest BCUT2D eigenvalue weighted by atomic mass is 16.3. The van der Waals surface area contributed by atoms with Crippen LogP contribution in [0.1, 0.15) is 15.2 Å². The molecule has 2 aromatic carbocycles. The largest absolute Gasteiger partial charge is 0.456 e. The van der Waals surface area contributed by atoms with Crippen molar-refractivity contribution in [1.82, 2.24) is 0 Å². The van der Waals surface area contributed by atoms with Crippen molar-refractivity contribution in [2.75, 3.05) is 0 Å². The second-order valence-corrected chi connectivity index (χ2v) is 3.01. The number of hydrogen-bond acceptors (Lipinski definition) is 1. The van der Waals surface area contributed by atoms with Gasteiger partial charge < -0.3 is 4.42 Å². The topological polar surface area (TPSA) is 13.1 Å². The molecule has 0 fully saturated rings. The molecule has 3 rings (SSSR count). The third-order valence-electron chi connectivity index (χ3n) is 2.01. The van der Waals surface area contributed by atoms with Crippen molar-refractivity contribution >= 4 is 21.9 Å². The fourth-order valence-electron chi connectivity index (χ4n) is 1.40. The molecular formula is C13H10O. The summed E-state index contributed by atoms with van der Waals surface area (Å²) in [5, 5.41) is 0.258. The molecule has 0 aliphatic carbocycles. The Kier molecular flexibility index (Phi) is 0.640. The van der Waals surface area contributed by atoms with Crippen LogP contribution in [0.3, 0.4) is 0 Å². The van der Waals surface area contributed by atoms with E-state index in [1.807, 2.05) is 0 Å². The molecule has 0 bridgehead atoms. The van der Waals surface area contributed by atoms with E-state index in [4.69, 9.17) is 14.0 Å². The first-order chi connectivity index (χ1) is 9.77. The minimum Gasteiger partial charge on any atom is -0.456 e. The Balaban J connectivity index is 2.73. The van der Waals surface area contributed by atoms with E-state index < -0.39 is 12.1 Å². The zero-order valence-electron chi connectivity index (χ0n) is 14.4. The molecule has 0 saturated heterocycles. The summed E-state index contributed by atoms with van der Waals surface area (Å²) in [5.41, 5.74) is 0.156. The summed E-state index contributed by atoms with van der Waals surface area (Å²) < 4.78 is 60.4. The number of furan rings is 1. The van der Waals surface area contributed by atoms with Crippen LogP contribution in [-0.4, -0.2) is 0 Å². The van der Waals surface area contributed by atoms with Gasteiger partial charge in [-0.1, -0.05) is 29.7 Å². The summed E-state index contributed by atoms with van der Waals surface area (Å²) >= 11 is 0. The van der Waals surface area contributed by atoms with Crippen molar-refractivity contribution in [1.29, 1.82) is 0 Å². The summed E-state index contributed by atoms with van der Waals surface area (Å²) in [6.07, 6.45) is 0. The molecule has 0 spiro atoms. The van der Waals surface area contributed by atoms with E-state index >= 15 is 0 Å². The minimum absolute atomic E-state index is 0.0439. The molecule has 68 valence electrons. The van der Waals surface area contributed by atoms with Gasteiger partial charge in [0.25, 0.3) is 0 Å². The van der Waals surface area contributed by atoms with Gasteiger partial charge >= 0.3 is 0 Å². The van der Waals surface area contributed by atoms with E-state index in [0.29, 0.717) is 0 Å². The van der Waals surface area contributed by atoms with Gasteiger partial charge in [-0.25, -0.2) is 0 Å². The van der Waals surface area contributed by atoms with E-state index in [9.17, 15) is 0 Å². The van der Waals surface area contributed by atoms with Crippen LogP contribution in [0, 0.1) is 6.92 Å². The van der Waals surface area contributed by atoms with Gasteiger partial charge in [0, 0.05) is 10.8 Å². The van der Waals surface area contributed by atoms with Gasteiger partial charge in [-0.3, -0.25) is 0 Å². The van der Waals surface area contributed by atoms with Crippen LogP contribution >= 0.6 is 0 Å². The highest BCUT2D eigenvalue weighted by Gasteiger charge is 2.04. The standard InChI is InChI=1S/C13H10O/c1-9-6-7-13-11(8-9)10-4-2-3-5-12(10)14-13/h2-8H,1H3/i2D,3D,4D,5D,6D,7D,8D. The van der Waals surface area contributed by atoms with Crippen molar-refractivity contribution in [2.24, 2.45) is 0 Å². The van der Waals surface area contributed by atoms with Gasteiger partial charge in [0.15, 0.2) is 0 Å². The van der Waals surface area contributed by atoms with Crippen LogP contribution in [-0.2, 0) is 0 Å². The van der Waals surface area contributed by atoms with E-state index in [1.54, 1.807) is 0 Å². The van der Waals surface area contributed by atoms with Crippen LogP contribution < -0.4 is 0 Å². The van der Waals surface area contributed by atoms with E-state index in [0.717, 1.165) is 0 Å². The molecule has 0 saturated carbocycles. The maximum Gasteiger partial charge on any atom is 0.135 e. The van der Waals surface area contributed by atoms with Crippen LogP contribution in [0.25, 0.3) is 21.9 Å². The molecule has 1 nitrogen and oxygen atoms in total. The number of para-hydroxylation sites is 1. The van der Waals surface area contributed by atoms with Crippen LogP contribution in [0.4, 0.5) is 0 Å². The Morgan fingerprint density at radius 1 is 1.00 bits per heavy atom. The lowest BCUT2D eigenvalue weighted by molar-refractivity contribution is 0.669. The summed E-state index contributed by atoms with van der Waals surface area (Å²) in [4.78, 5) is 0. The molecule has 0 unspecified atom stereocenters. The second-order valence-electron chi connectivity index (χ2n) is 3.01. The first-order valence-corrected chi connectivity index (χ1v) is 4.16. The predicted molar refractivity (Wildman–Crippen MR) is 58.5 cm³/mol. The van der Waals surface area contributed by atoms with Gasteiger partial charge in [-0.2, -0.15) is 0 Å². The third kappa shape index (κ3) is 0.956. The lowest BCUT2D eigenvalue weighted by Gasteiger charge is -1.90. The zero-order valence-corrected chi connectivity index (χ0v) is 7.41.